The molecule has 0 aromatic rings. The lowest BCUT2D eigenvalue weighted by Gasteiger charge is -2.57. The maximum atomic E-state index is 11.9. The van der Waals surface area contributed by atoms with E-state index in [9.17, 15) is 4.79 Å². The predicted molar refractivity (Wildman–Crippen MR) is 69.8 cm³/mol. The molecule has 2 fully saturated rings. The van der Waals surface area contributed by atoms with Gasteiger partial charge in [0.1, 0.15) is 0 Å². The molecule has 2 saturated carbocycles. The van der Waals surface area contributed by atoms with E-state index in [0.717, 1.165) is 13.1 Å². The molecule has 0 radical (unpaired) electrons. The molecular weight excluding hydrogens is 212 g/mol. The average Bonchev–Trinajstić information content (AvgIpc) is 2.14. The quantitative estimate of drug-likeness (QED) is 0.770. The van der Waals surface area contributed by atoms with Gasteiger partial charge in [0, 0.05) is 19.1 Å². The number of hydrogen-bond donors (Lipinski definition) is 2. The zero-order valence-corrected chi connectivity index (χ0v) is 11.4. The van der Waals surface area contributed by atoms with Gasteiger partial charge in [0.05, 0.1) is 5.41 Å². The van der Waals surface area contributed by atoms with Gasteiger partial charge in [0.15, 0.2) is 0 Å². The van der Waals surface area contributed by atoms with Gasteiger partial charge in [0.2, 0.25) is 5.91 Å². The third kappa shape index (κ3) is 2.35. The Morgan fingerprint density at radius 3 is 2.47 bits per heavy atom. The Kier molecular flexibility index (Phi) is 3.48. The Balaban J connectivity index is 1.79. The van der Waals surface area contributed by atoms with Crippen LogP contribution in [-0.2, 0) is 4.79 Å². The fourth-order valence-electron chi connectivity index (χ4n) is 3.10. The molecule has 3 heteroatoms. The van der Waals surface area contributed by atoms with Gasteiger partial charge in [-0.1, -0.05) is 6.42 Å². The van der Waals surface area contributed by atoms with Gasteiger partial charge in [-0.05, 0) is 51.9 Å². The summed E-state index contributed by atoms with van der Waals surface area (Å²) in [6.45, 7) is 7.53. The summed E-state index contributed by atoms with van der Waals surface area (Å²) in [6.07, 6.45) is 6.88. The van der Waals surface area contributed by atoms with E-state index in [1.54, 1.807) is 0 Å². The minimum atomic E-state index is -0.295. The summed E-state index contributed by atoms with van der Waals surface area (Å²) in [6, 6.07) is 0.671. The lowest BCUT2D eigenvalue weighted by molar-refractivity contribution is -0.129. The van der Waals surface area contributed by atoms with Crippen LogP contribution in [0.1, 0.15) is 52.9 Å². The standard InChI is InChI=1S/C14H26N2O/c1-4-15-12(17)13(2,3)10-16-11-6-9-14(11)7-5-8-14/h11,16H,4-10H2,1-3H3,(H,15,17)/t11-/m0/s1. The number of hydrogen-bond acceptors (Lipinski definition) is 2. The molecule has 0 aromatic carbocycles. The van der Waals surface area contributed by atoms with Crippen molar-refractivity contribution in [1.82, 2.24) is 10.6 Å². The fourth-order valence-corrected chi connectivity index (χ4v) is 3.10. The van der Waals surface area contributed by atoms with E-state index < -0.39 is 0 Å². The number of carbonyl (C=O) groups excluding carboxylic acids is 1. The SMILES string of the molecule is CCNC(=O)C(C)(C)CN[C@H]1CCC12CCC2. The Bertz CT molecular complexity index is 289. The van der Waals surface area contributed by atoms with Crippen LogP contribution >= 0.6 is 0 Å². The topological polar surface area (TPSA) is 41.1 Å². The molecule has 2 aliphatic carbocycles. The summed E-state index contributed by atoms with van der Waals surface area (Å²) in [5.41, 5.74) is 0.327. The Morgan fingerprint density at radius 2 is 2.06 bits per heavy atom. The first-order valence-corrected chi connectivity index (χ1v) is 7.02. The minimum absolute atomic E-state index is 0.162. The molecule has 17 heavy (non-hydrogen) atoms. The van der Waals surface area contributed by atoms with Crippen molar-refractivity contribution in [3.05, 3.63) is 0 Å². The third-order valence-electron chi connectivity index (χ3n) is 4.76. The molecule has 0 aromatic heterocycles. The monoisotopic (exact) mass is 238 g/mol. The molecule has 0 aliphatic heterocycles. The van der Waals surface area contributed by atoms with Crippen molar-refractivity contribution in [2.45, 2.75) is 58.9 Å². The van der Waals surface area contributed by atoms with E-state index in [4.69, 9.17) is 0 Å². The van der Waals surface area contributed by atoms with Gasteiger partial charge < -0.3 is 10.6 Å². The van der Waals surface area contributed by atoms with Crippen molar-refractivity contribution in [3.8, 4) is 0 Å². The van der Waals surface area contributed by atoms with Crippen LogP contribution in [0.5, 0.6) is 0 Å². The van der Waals surface area contributed by atoms with Gasteiger partial charge in [0.25, 0.3) is 0 Å². The van der Waals surface area contributed by atoms with Crippen LogP contribution in [0.2, 0.25) is 0 Å². The van der Waals surface area contributed by atoms with Gasteiger partial charge in [-0.25, -0.2) is 0 Å². The van der Waals surface area contributed by atoms with E-state index in [0.29, 0.717) is 11.5 Å². The molecule has 2 rings (SSSR count). The van der Waals surface area contributed by atoms with Gasteiger partial charge in [-0.3, -0.25) is 4.79 Å². The first-order chi connectivity index (χ1) is 8.00. The highest BCUT2D eigenvalue weighted by Crippen LogP contribution is 2.55. The summed E-state index contributed by atoms with van der Waals surface area (Å²) in [5, 5.41) is 6.55. The first-order valence-electron chi connectivity index (χ1n) is 7.02. The maximum absolute atomic E-state index is 11.9. The highest BCUT2D eigenvalue weighted by atomic mass is 16.2. The van der Waals surface area contributed by atoms with E-state index in [1.807, 2.05) is 20.8 Å². The molecule has 3 nitrogen and oxygen atoms in total. The van der Waals surface area contributed by atoms with E-state index in [1.165, 1.54) is 32.1 Å². The second-order valence-electron chi connectivity index (χ2n) is 6.43. The fraction of sp³-hybridized carbons (Fsp3) is 0.929. The molecule has 0 saturated heterocycles. The second kappa shape index (κ2) is 4.60. The van der Waals surface area contributed by atoms with Crippen molar-refractivity contribution in [2.75, 3.05) is 13.1 Å². The third-order valence-corrected chi connectivity index (χ3v) is 4.76. The highest BCUT2D eigenvalue weighted by Gasteiger charge is 2.50. The summed E-state index contributed by atoms with van der Waals surface area (Å²) >= 11 is 0. The minimum Gasteiger partial charge on any atom is -0.356 e. The largest absolute Gasteiger partial charge is 0.356 e. The Hall–Kier alpha value is -0.570. The van der Waals surface area contributed by atoms with Gasteiger partial charge in [-0.15, -0.1) is 0 Å². The molecule has 2 aliphatic rings. The summed E-state index contributed by atoms with van der Waals surface area (Å²) in [4.78, 5) is 11.9. The lowest BCUT2D eigenvalue weighted by atomic mass is 9.53. The van der Waals surface area contributed by atoms with Crippen molar-refractivity contribution in [1.29, 1.82) is 0 Å². The molecule has 2 N–H and O–H groups in total. The van der Waals surface area contributed by atoms with Crippen LogP contribution in [0, 0.1) is 10.8 Å². The maximum Gasteiger partial charge on any atom is 0.226 e. The molecule has 1 spiro atoms. The summed E-state index contributed by atoms with van der Waals surface area (Å²) in [7, 11) is 0. The number of nitrogens with one attached hydrogen (secondary N) is 2. The van der Waals surface area contributed by atoms with Crippen LogP contribution in [0.4, 0.5) is 0 Å². The van der Waals surface area contributed by atoms with Crippen LogP contribution < -0.4 is 10.6 Å². The van der Waals surface area contributed by atoms with Crippen LogP contribution in [0.15, 0.2) is 0 Å². The molecule has 0 heterocycles. The molecule has 0 unspecified atom stereocenters. The molecule has 98 valence electrons. The molecular formula is C14H26N2O. The van der Waals surface area contributed by atoms with E-state index in [2.05, 4.69) is 10.6 Å². The molecule has 0 bridgehead atoms. The van der Waals surface area contributed by atoms with Crippen molar-refractivity contribution < 1.29 is 4.79 Å². The van der Waals surface area contributed by atoms with Crippen LogP contribution in [0.25, 0.3) is 0 Å². The van der Waals surface area contributed by atoms with Crippen LogP contribution in [0.3, 0.4) is 0 Å². The smallest absolute Gasteiger partial charge is 0.226 e. The normalized spacial score (nSPS) is 26.2. The predicted octanol–water partition coefficient (Wildman–Crippen LogP) is 2.07. The second-order valence-corrected chi connectivity index (χ2v) is 6.43. The number of carbonyl (C=O) groups is 1. The van der Waals surface area contributed by atoms with Crippen molar-refractivity contribution >= 4 is 5.91 Å². The van der Waals surface area contributed by atoms with E-state index in [-0.39, 0.29) is 11.3 Å². The summed E-state index contributed by atoms with van der Waals surface area (Å²) < 4.78 is 0. The van der Waals surface area contributed by atoms with Crippen LogP contribution in [-0.4, -0.2) is 25.0 Å². The zero-order valence-electron chi connectivity index (χ0n) is 11.4. The van der Waals surface area contributed by atoms with Crippen molar-refractivity contribution in [2.24, 2.45) is 10.8 Å². The van der Waals surface area contributed by atoms with Gasteiger partial charge in [-0.2, -0.15) is 0 Å². The van der Waals surface area contributed by atoms with Gasteiger partial charge >= 0.3 is 0 Å². The first kappa shape index (κ1) is 12.9. The molecule has 1 atom stereocenters. The lowest BCUT2D eigenvalue weighted by Crippen LogP contribution is -2.59. The Morgan fingerprint density at radius 1 is 1.35 bits per heavy atom. The van der Waals surface area contributed by atoms with Crippen molar-refractivity contribution in [3.63, 3.8) is 0 Å². The van der Waals surface area contributed by atoms with E-state index >= 15 is 0 Å². The summed E-state index contributed by atoms with van der Waals surface area (Å²) in [5.74, 6) is 0.162. The zero-order chi connectivity index (χ0) is 12.5. The number of rotatable bonds is 5. The number of amides is 1. The average molecular weight is 238 g/mol. The Labute approximate surface area is 105 Å². The molecule has 1 amide bonds. The highest BCUT2D eigenvalue weighted by molar-refractivity contribution is 5.81.